The molecule has 0 saturated heterocycles. The Labute approximate surface area is 59.1 Å². The van der Waals surface area contributed by atoms with Crippen molar-refractivity contribution in [3.05, 3.63) is 0 Å². The van der Waals surface area contributed by atoms with Gasteiger partial charge in [-0.2, -0.15) is 0 Å². The largest absolute Gasteiger partial charge is 0.124 e. The smallest absolute Gasteiger partial charge is 0.120 e. The van der Waals surface area contributed by atoms with E-state index in [0.717, 1.165) is 12.3 Å². The molecule has 0 bridgehead atoms. The molecular weight excluding hydrogens is 108 g/mol. The van der Waals surface area contributed by atoms with Crippen LogP contribution in [0.3, 0.4) is 0 Å². The van der Waals surface area contributed by atoms with Crippen LogP contribution in [0, 0.1) is 18.2 Å². The third kappa shape index (κ3) is 2.10. The van der Waals surface area contributed by atoms with E-state index in [-0.39, 0.29) is 0 Å². The van der Waals surface area contributed by atoms with Crippen LogP contribution in [0.2, 0.25) is 0 Å². The second kappa shape index (κ2) is 3.56. The van der Waals surface area contributed by atoms with Gasteiger partial charge >= 0.3 is 0 Å². The molecule has 0 heterocycles. The zero-order valence-electron chi connectivity index (χ0n) is 6.82. The van der Waals surface area contributed by atoms with Crippen molar-refractivity contribution in [1.82, 2.24) is 0 Å². The molecule has 1 rings (SSSR count). The minimum Gasteiger partial charge on any atom is -0.120 e. The zero-order valence-corrected chi connectivity index (χ0v) is 5.82. The first-order valence-electron chi connectivity index (χ1n) is 4.33. The molecule has 9 heavy (non-hydrogen) atoms. The van der Waals surface area contributed by atoms with Gasteiger partial charge < -0.3 is 0 Å². The van der Waals surface area contributed by atoms with Gasteiger partial charge in [-0.05, 0) is 12.3 Å². The van der Waals surface area contributed by atoms with E-state index in [2.05, 4.69) is 12.3 Å². The van der Waals surface area contributed by atoms with E-state index in [1.54, 1.807) is 0 Å². The van der Waals surface area contributed by atoms with Crippen LogP contribution < -0.4 is 0 Å². The van der Waals surface area contributed by atoms with E-state index in [0.29, 0.717) is 0 Å². The van der Waals surface area contributed by atoms with Gasteiger partial charge in [0, 0.05) is 6.42 Å². The lowest BCUT2D eigenvalue weighted by atomic mass is 10.0. The second-order valence-corrected chi connectivity index (χ2v) is 2.87. The number of hydrogen-bond acceptors (Lipinski definition) is 0. The Morgan fingerprint density at radius 3 is 3.00 bits per heavy atom. The van der Waals surface area contributed by atoms with Crippen LogP contribution in [0.1, 0.15) is 39.9 Å². The molecule has 1 aliphatic rings. The highest BCUT2D eigenvalue weighted by Gasteiger charge is 2.13. The van der Waals surface area contributed by atoms with E-state index in [4.69, 9.17) is 1.37 Å². The molecule has 1 aliphatic carbocycles. The Kier molecular flexibility index (Phi) is 2.12. The van der Waals surface area contributed by atoms with Gasteiger partial charge in [0.2, 0.25) is 0 Å². The Hall–Kier alpha value is -0.440. The fraction of sp³-hybridized carbons (Fsp3) is 0.778. The molecule has 0 aromatic heterocycles. The first-order chi connectivity index (χ1) is 4.93. The standard InChI is InChI=1S/C9H14/c1-2-3-6-9-7-4-5-8-9/h1,9H,3-8H2/i1D. The van der Waals surface area contributed by atoms with Gasteiger partial charge in [0.1, 0.15) is 1.37 Å². The van der Waals surface area contributed by atoms with Crippen LogP contribution in [0.5, 0.6) is 0 Å². The van der Waals surface area contributed by atoms with Crippen LogP contribution in [0.15, 0.2) is 0 Å². The van der Waals surface area contributed by atoms with Crippen molar-refractivity contribution in [2.24, 2.45) is 5.92 Å². The molecule has 0 aromatic rings. The third-order valence-electron chi connectivity index (χ3n) is 2.15. The van der Waals surface area contributed by atoms with E-state index in [1.165, 1.54) is 32.1 Å². The minimum atomic E-state index is 0.931. The maximum absolute atomic E-state index is 6.62. The second-order valence-electron chi connectivity index (χ2n) is 2.87. The van der Waals surface area contributed by atoms with Crippen molar-refractivity contribution in [2.45, 2.75) is 38.5 Å². The average molecular weight is 123 g/mol. The van der Waals surface area contributed by atoms with E-state index >= 15 is 0 Å². The summed E-state index contributed by atoms with van der Waals surface area (Å²) in [6.07, 6.45) is 9.99. The van der Waals surface area contributed by atoms with E-state index < -0.39 is 0 Å². The summed E-state index contributed by atoms with van der Waals surface area (Å²) >= 11 is 0. The highest BCUT2D eigenvalue weighted by atomic mass is 14.2. The molecule has 0 spiro atoms. The molecule has 0 aliphatic heterocycles. The van der Waals surface area contributed by atoms with Crippen molar-refractivity contribution in [3.8, 4) is 12.3 Å². The summed E-state index contributed by atoms with van der Waals surface area (Å²) in [4.78, 5) is 0. The lowest BCUT2D eigenvalue weighted by Gasteiger charge is -2.03. The summed E-state index contributed by atoms with van der Waals surface area (Å²) in [6.45, 7) is 0. The Balaban J connectivity index is 2.05. The zero-order chi connectivity index (χ0) is 7.23. The molecule has 0 unspecified atom stereocenters. The number of terminal acetylenes is 1. The molecule has 1 saturated carbocycles. The average Bonchev–Trinajstić information content (AvgIpc) is 2.41. The van der Waals surface area contributed by atoms with Crippen molar-refractivity contribution in [2.75, 3.05) is 0 Å². The Morgan fingerprint density at radius 1 is 1.56 bits per heavy atom. The lowest BCUT2D eigenvalue weighted by molar-refractivity contribution is 0.512. The predicted octanol–water partition coefficient (Wildman–Crippen LogP) is 2.59. The van der Waals surface area contributed by atoms with Crippen LogP contribution in [0.4, 0.5) is 0 Å². The molecule has 0 heteroatoms. The first-order valence-corrected chi connectivity index (χ1v) is 3.83. The monoisotopic (exact) mass is 123 g/mol. The van der Waals surface area contributed by atoms with Gasteiger partial charge in [0.05, 0.1) is 0 Å². The summed E-state index contributed by atoms with van der Waals surface area (Å²) in [5.41, 5.74) is 0. The topological polar surface area (TPSA) is 0 Å². The van der Waals surface area contributed by atoms with Gasteiger partial charge in [-0.1, -0.05) is 25.7 Å². The molecule has 0 nitrogen and oxygen atoms in total. The molecule has 0 aromatic carbocycles. The summed E-state index contributed by atoms with van der Waals surface area (Å²) in [5, 5.41) is 0. The van der Waals surface area contributed by atoms with Crippen LogP contribution in [-0.4, -0.2) is 0 Å². The quantitative estimate of drug-likeness (QED) is 0.495. The van der Waals surface area contributed by atoms with E-state index in [9.17, 15) is 0 Å². The normalized spacial score (nSPS) is 20.7. The third-order valence-corrected chi connectivity index (χ3v) is 2.15. The van der Waals surface area contributed by atoms with Crippen molar-refractivity contribution in [3.63, 3.8) is 0 Å². The molecule has 50 valence electrons. The summed E-state index contributed by atoms with van der Waals surface area (Å²) < 4.78 is 6.62. The molecular formula is C9H14. The summed E-state index contributed by atoms with van der Waals surface area (Å²) in [6, 6.07) is 0. The predicted molar refractivity (Wildman–Crippen MR) is 40.0 cm³/mol. The maximum Gasteiger partial charge on any atom is 0.124 e. The Morgan fingerprint density at radius 2 is 2.33 bits per heavy atom. The molecule has 0 N–H and O–H groups in total. The summed E-state index contributed by atoms with van der Waals surface area (Å²) in [7, 11) is 0. The van der Waals surface area contributed by atoms with Gasteiger partial charge in [-0.25, -0.2) is 0 Å². The fourth-order valence-electron chi connectivity index (χ4n) is 1.58. The van der Waals surface area contributed by atoms with Gasteiger partial charge in [-0.15, -0.1) is 12.3 Å². The van der Waals surface area contributed by atoms with Crippen molar-refractivity contribution >= 4 is 0 Å². The molecule has 0 radical (unpaired) electrons. The van der Waals surface area contributed by atoms with Gasteiger partial charge in [-0.3, -0.25) is 0 Å². The van der Waals surface area contributed by atoms with E-state index in [1.807, 2.05) is 0 Å². The summed E-state index contributed by atoms with van der Waals surface area (Å²) in [5.74, 6) is 3.72. The lowest BCUT2D eigenvalue weighted by Crippen LogP contribution is -1.90. The highest BCUT2D eigenvalue weighted by molar-refractivity contribution is 4.84. The first kappa shape index (κ1) is 5.35. The molecule has 0 amide bonds. The van der Waals surface area contributed by atoms with Gasteiger partial charge in [0.25, 0.3) is 0 Å². The Bertz CT molecular complexity index is 135. The van der Waals surface area contributed by atoms with Crippen LogP contribution in [0.25, 0.3) is 0 Å². The molecule has 0 atom stereocenters. The maximum atomic E-state index is 6.62. The SMILES string of the molecule is [2H]C#CCCC1CCCC1. The van der Waals surface area contributed by atoms with Crippen molar-refractivity contribution in [1.29, 1.82) is 0 Å². The van der Waals surface area contributed by atoms with Crippen molar-refractivity contribution < 1.29 is 1.37 Å². The number of hydrogen-bond donors (Lipinski definition) is 0. The van der Waals surface area contributed by atoms with Gasteiger partial charge in [0.15, 0.2) is 0 Å². The minimum absolute atomic E-state index is 0.931. The van der Waals surface area contributed by atoms with Crippen LogP contribution >= 0.6 is 0 Å². The van der Waals surface area contributed by atoms with Crippen LogP contribution in [-0.2, 0) is 0 Å². The number of rotatable bonds is 2. The molecule has 1 fully saturated rings. The highest BCUT2D eigenvalue weighted by Crippen LogP contribution is 2.27. The fourth-order valence-corrected chi connectivity index (χ4v) is 1.58.